The third kappa shape index (κ3) is 3.79. The van der Waals surface area contributed by atoms with Gasteiger partial charge in [0.15, 0.2) is 0 Å². The first-order valence-electron chi connectivity index (χ1n) is 9.90. The highest BCUT2D eigenvalue weighted by molar-refractivity contribution is 5.67. The fourth-order valence-corrected chi connectivity index (χ4v) is 3.20. The van der Waals surface area contributed by atoms with Crippen molar-refractivity contribution in [1.82, 2.24) is 20.4 Å². The minimum atomic E-state index is 0.173. The lowest BCUT2D eigenvalue weighted by Gasteiger charge is -2.00. The molecule has 7 heteroatoms. The van der Waals surface area contributed by atoms with E-state index >= 15 is 0 Å². The molecule has 7 nitrogen and oxygen atoms in total. The Hall–Kier alpha value is -4.52. The van der Waals surface area contributed by atoms with Gasteiger partial charge in [0, 0.05) is 22.3 Å². The van der Waals surface area contributed by atoms with Crippen LogP contribution in [-0.4, -0.2) is 25.5 Å². The smallest absolute Gasteiger partial charge is 0.248 e. The molecule has 0 atom stereocenters. The second kappa shape index (κ2) is 7.96. The minimum absolute atomic E-state index is 0.173. The molecule has 0 aliphatic heterocycles. The van der Waals surface area contributed by atoms with Crippen LogP contribution in [0, 0.1) is 0 Å². The summed E-state index contributed by atoms with van der Waals surface area (Å²) in [4.78, 5) is 0. The number of phenols is 1. The summed E-state index contributed by atoms with van der Waals surface area (Å²) in [6.07, 6.45) is 0. The Morgan fingerprint density at radius 3 is 1.56 bits per heavy atom. The molecule has 0 unspecified atom stereocenters. The van der Waals surface area contributed by atoms with E-state index in [4.69, 9.17) is 8.83 Å². The third-order valence-corrected chi connectivity index (χ3v) is 4.95. The second-order valence-electron chi connectivity index (χ2n) is 7.31. The highest BCUT2D eigenvalue weighted by Gasteiger charge is 2.14. The molecular formula is C25H18N4O3. The molecule has 0 aliphatic carbocycles. The van der Waals surface area contributed by atoms with E-state index in [0.29, 0.717) is 23.6 Å². The molecule has 0 saturated heterocycles. The zero-order valence-corrected chi connectivity index (χ0v) is 17.2. The van der Waals surface area contributed by atoms with Crippen LogP contribution in [-0.2, 0) is 0 Å². The van der Waals surface area contributed by atoms with Gasteiger partial charge in [-0.1, -0.05) is 30.4 Å². The Morgan fingerprint density at radius 1 is 0.656 bits per heavy atom. The van der Waals surface area contributed by atoms with Gasteiger partial charge in [0.05, 0.1) is 0 Å². The van der Waals surface area contributed by atoms with Gasteiger partial charge in [-0.25, -0.2) is 0 Å². The summed E-state index contributed by atoms with van der Waals surface area (Å²) in [6, 6.07) is 21.8. The van der Waals surface area contributed by atoms with Crippen LogP contribution in [0.5, 0.6) is 5.75 Å². The Labute approximate surface area is 183 Å². The number of aromatic nitrogens is 4. The first-order chi connectivity index (χ1) is 15.6. The van der Waals surface area contributed by atoms with Gasteiger partial charge < -0.3 is 13.9 Å². The molecule has 0 amide bonds. The molecule has 3 aromatic carbocycles. The lowest BCUT2D eigenvalue weighted by molar-refractivity contribution is 0.475. The maximum atomic E-state index is 9.44. The molecule has 2 heterocycles. The highest BCUT2D eigenvalue weighted by Crippen LogP contribution is 2.29. The van der Waals surface area contributed by atoms with Gasteiger partial charge in [0.25, 0.3) is 0 Å². The molecule has 5 rings (SSSR count). The van der Waals surface area contributed by atoms with Crippen molar-refractivity contribution >= 4 is 5.57 Å². The summed E-state index contributed by atoms with van der Waals surface area (Å²) in [5.41, 5.74) is 5.08. The average Bonchev–Trinajstić information content (AvgIpc) is 3.50. The summed E-state index contributed by atoms with van der Waals surface area (Å²) in [6.45, 7) is 5.91. The van der Waals surface area contributed by atoms with E-state index in [1.54, 1.807) is 24.3 Å². The van der Waals surface area contributed by atoms with E-state index in [-0.39, 0.29) is 5.75 Å². The van der Waals surface area contributed by atoms with Crippen molar-refractivity contribution < 1.29 is 13.9 Å². The number of nitrogens with zero attached hydrogens (tertiary/aromatic N) is 4. The van der Waals surface area contributed by atoms with Crippen LogP contribution in [0.25, 0.3) is 51.4 Å². The molecule has 2 aromatic heterocycles. The van der Waals surface area contributed by atoms with Gasteiger partial charge in [-0.3, -0.25) is 0 Å². The van der Waals surface area contributed by atoms with Crippen LogP contribution in [0.15, 0.2) is 88.2 Å². The van der Waals surface area contributed by atoms with Crippen LogP contribution in [0.1, 0.15) is 12.5 Å². The standard InChI is InChI=1S/C25H18N4O3/c1-15(2)16-6-8-17(9-7-16)22-26-28-24(31-22)19-4-3-5-20(14-19)25-29-27-23(32-25)18-10-12-21(30)13-11-18/h3-14,30H,1H2,2H3. The molecular weight excluding hydrogens is 404 g/mol. The van der Waals surface area contributed by atoms with Crippen molar-refractivity contribution in [2.24, 2.45) is 0 Å². The van der Waals surface area contributed by atoms with Crippen LogP contribution in [0.4, 0.5) is 0 Å². The van der Waals surface area contributed by atoms with Gasteiger partial charge in [-0.15, -0.1) is 20.4 Å². The van der Waals surface area contributed by atoms with Gasteiger partial charge in [-0.05, 0) is 67.1 Å². The van der Waals surface area contributed by atoms with Gasteiger partial charge in [-0.2, -0.15) is 0 Å². The maximum Gasteiger partial charge on any atom is 0.248 e. The van der Waals surface area contributed by atoms with Crippen molar-refractivity contribution in [1.29, 1.82) is 0 Å². The zero-order chi connectivity index (χ0) is 22.1. The van der Waals surface area contributed by atoms with E-state index in [1.807, 2.05) is 55.5 Å². The normalized spacial score (nSPS) is 10.9. The predicted molar refractivity (Wildman–Crippen MR) is 120 cm³/mol. The van der Waals surface area contributed by atoms with Crippen LogP contribution in [0.3, 0.4) is 0 Å². The Morgan fingerprint density at radius 2 is 1.09 bits per heavy atom. The van der Waals surface area contributed by atoms with E-state index in [2.05, 4.69) is 27.0 Å². The summed E-state index contributed by atoms with van der Waals surface area (Å²) < 4.78 is 11.7. The highest BCUT2D eigenvalue weighted by atomic mass is 16.4. The lowest BCUT2D eigenvalue weighted by atomic mass is 10.1. The largest absolute Gasteiger partial charge is 0.508 e. The average molecular weight is 422 g/mol. The van der Waals surface area contributed by atoms with Gasteiger partial charge in [0.1, 0.15) is 5.75 Å². The molecule has 1 N–H and O–H groups in total. The molecule has 0 bridgehead atoms. The van der Waals surface area contributed by atoms with Crippen molar-refractivity contribution in [3.8, 4) is 51.6 Å². The molecule has 5 aromatic rings. The van der Waals surface area contributed by atoms with Crippen molar-refractivity contribution in [3.05, 3.63) is 84.9 Å². The summed E-state index contributed by atoms with van der Waals surface area (Å²) in [7, 11) is 0. The SMILES string of the molecule is C=C(C)c1ccc(-c2nnc(-c3cccc(-c4nnc(-c5ccc(O)cc5)o4)c3)o2)cc1. The summed E-state index contributed by atoms with van der Waals surface area (Å²) >= 11 is 0. The number of allylic oxidation sites excluding steroid dienone is 1. The van der Waals surface area contributed by atoms with E-state index in [0.717, 1.165) is 33.4 Å². The van der Waals surface area contributed by atoms with E-state index in [9.17, 15) is 5.11 Å². The second-order valence-corrected chi connectivity index (χ2v) is 7.31. The Bertz CT molecular complexity index is 1400. The monoisotopic (exact) mass is 422 g/mol. The molecule has 0 fully saturated rings. The fourth-order valence-electron chi connectivity index (χ4n) is 3.20. The molecule has 0 spiro atoms. The zero-order valence-electron chi connectivity index (χ0n) is 17.2. The van der Waals surface area contributed by atoms with E-state index in [1.165, 1.54) is 0 Å². The quantitative estimate of drug-likeness (QED) is 0.379. The van der Waals surface area contributed by atoms with Crippen LogP contribution < -0.4 is 0 Å². The molecule has 32 heavy (non-hydrogen) atoms. The van der Waals surface area contributed by atoms with Crippen molar-refractivity contribution in [2.75, 3.05) is 0 Å². The maximum absolute atomic E-state index is 9.44. The topological polar surface area (TPSA) is 98.1 Å². The Balaban J connectivity index is 1.41. The number of benzene rings is 3. The van der Waals surface area contributed by atoms with E-state index < -0.39 is 0 Å². The third-order valence-electron chi connectivity index (χ3n) is 4.95. The first-order valence-corrected chi connectivity index (χ1v) is 9.90. The first kappa shape index (κ1) is 19.4. The molecule has 0 aliphatic rings. The Kier molecular flexibility index (Phi) is 4.84. The summed E-state index contributed by atoms with van der Waals surface area (Å²) in [5.74, 6) is 1.73. The lowest BCUT2D eigenvalue weighted by Crippen LogP contribution is -1.82. The molecule has 156 valence electrons. The van der Waals surface area contributed by atoms with Crippen LogP contribution in [0.2, 0.25) is 0 Å². The van der Waals surface area contributed by atoms with Gasteiger partial charge in [0.2, 0.25) is 23.6 Å². The van der Waals surface area contributed by atoms with Crippen molar-refractivity contribution in [2.45, 2.75) is 6.92 Å². The number of hydrogen-bond acceptors (Lipinski definition) is 7. The molecule has 0 radical (unpaired) electrons. The number of rotatable bonds is 5. The number of phenolic OH excluding ortho intramolecular Hbond substituents is 1. The number of aromatic hydroxyl groups is 1. The summed E-state index contributed by atoms with van der Waals surface area (Å²) in [5, 5.41) is 26.1. The minimum Gasteiger partial charge on any atom is -0.508 e. The molecule has 0 saturated carbocycles. The fraction of sp³-hybridized carbons (Fsp3) is 0.0400. The van der Waals surface area contributed by atoms with Crippen molar-refractivity contribution in [3.63, 3.8) is 0 Å². The van der Waals surface area contributed by atoms with Gasteiger partial charge >= 0.3 is 0 Å². The number of hydrogen-bond donors (Lipinski definition) is 1. The van der Waals surface area contributed by atoms with Crippen LogP contribution >= 0.6 is 0 Å². The predicted octanol–water partition coefficient (Wildman–Crippen LogP) is 5.86.